The van der Waals surface area contributed by atoms with Gasteiger partial charge in [-0.1, -0.05) is 30.3 Å². The Bertz CT molecular complexity index is 566. The van der Waals surface area contributed by atoms with Gasteiger partial charge < -0.3 is 10.2 Å². The van der Waals surface area contributed by atoms with Gasteiger partial charge in [0.2, 0.25) is 0 Å². The number of hydrogen-bond acceptors (Lipinski definition) is 4. The third kappa shape index (κ3) is 3.70. The van der Waals surface area contributed by atoms with Crippen molar-refractivity contribution in [3.63, 3.8) is 0 Å². The predicted octanol–water partition coefficient (Wildman–Crippen LogP) is 3.38. The highest BCUT2D eigenvalue weighted by molar-refractivity contribution is 7.09. The van der Waals surface area contributed by atoms with Crippen molar-refractivity contribution in [2.24, 2.45) is 0 Å². The minimum Gasteiger partial charge on any atom is -0.308 e. The van der Waals surface area contributed by atoms with Crippen LogP contribution in [0.25, 0.3) is 11.3 Å². The summed E-state index contributed by atoms with van der Waals surface area (Å²) in [4.78, 5) is 7.18. The van der Waals surface area contributed by atoms with E-state index in [9.17, 15) is 0 Å². The quantitative estimate of drug-likeness (QED) is 0.938. The average Bonchev–Trinajstić information content (AvgIpc) is 2.98. The number of piperidine rings is 1. The molecule has 3 rings (SSSR count). The van der Waals surface area contributed by atoms with Crippen LogP contribution in [0.4, 0.5) is 0 Å². The van der Waals surface area contributed by atoms with Crippen LogP contribution < -0.4 is 5.32 Å². The summed E-state index contributed by atoms with van der Waals surface area (Å²) in [5.74, 6) is 0. The Kier molecular flexibility index (Phi) is 4.68. The van der Waals surface area contributed by atoms with Crippen LogP contribution in [-0.4, -0.2) is 35.6 Å². The standard InChI is InChI=1S/C17H23N3S/c1-13-10-15(8-9-20(13)2)18-11-17-19-16(12-21-17)14-6-4-3-5-7-14/h3-7,12-13,15,18H,8-11H2,1-2H3. The van der Waals surface area contributed by atoms with Crippen LogP contribution >= 0.6 is 11.3 Å². The fourth-order valence-electron chi connectivity index (χ4n) is 2.84. The maximum absolute atomic E-state index is 4.74. The predicted molar refractivity (Wildman–Crippen MR) is 89.5 cm³/mol. The third-order valence-corrected chi connectivity index (χ3v) is 5.22. The first kappa shape index (κ1) is 14.7. The lowest BCUT2D eigenvalue weighted by Gasteiger charge is -2.35. The molecule has 2 heterocycles. The summed E-state index contributed by atoms with van der Waals surface area (Å²) in [7, 11) is 2.22. The number of hydrogen-bond donors (Lipinski definition) is 1. The largest absolute Gasteiger partial charge is 0.308 e. The van der Waals surface area contributed by atoms with Crippen LogP contribution in [0.2, 0.25) is 0 Å². The second kappa shape index (κ2) is 6.69. The highest BCUT2D eigenvalue weighted by Gasteiger charge is 2.22. The topological polar surface area (TPSA) is 28.2 Å². The van der Waals surface area contributed by atoms with Crippen molar-refractivity contribution in [1.29, 1.82) is 0 Å². The van der Waals surface area contributed by atoms with E-state index in [0.29, 0.717) is 12.1 Å². The minimum absolute atomic E-state index is 0.625. The molecule has 2 unspecified atom stereocenters. The van der Waals surface area contributed by atoms with Crippen molar-refractivity contribution in [3.05, 3.63) is 40.7 Å². The number of nitrogens with zero attached hydrogens (tertiary/aromatic N) is 2. The molecule has 1 aromatic heterocycles. The first-order valence-electron chi connectivity index (χ1n) is 7.66. The van der Waals surface area contributed by atoms with Crippen LogP contribution in [0.5, 0.6) is 0 Å². The van der Waals surface area contributed by atoms with Gasteiger partial charge in [0.05, 0.1) is 5.69 Å². The van der Waals surface area contributed by atoms with Gasteiger partial charge >= 0.3 is 0 Å². The fourth-order valence-corrected chi connectivity index (χ4v) is 3.59. The van der Waals surface area contributed by atoms with E-state index in [1.807, 2.05) is 6.07 Å². The monoisotopic (exact) mass is 301 g/mol. The maximum atomic E-state index is 4.74. The molecule has 1 aliphatic heterocycles. The maximum Gasteiger partial charge on any atom is 0.107 e. The molecule has 2 aromatic rings. The van der Waals surface area contributed by atoms with Gasteiger partial charge in [0, 0.05) is 29.6 Å². The first-order valence-corrected chi connectivity index (χ1v) is 8.54. The molecule has 0 bridgehead atoms. The summed E-state index contributed by atoms with van der Waals surface area (Å²) in [6, 6.07) is 11.7. The zero-order valence-corrected chi connectivity index (χ0v) is 13.6. The summed E-state index contributed by atoms with van der Waals surface area (Å²) in [5.41, 5.74) is 2.29. The fraction of sp³-hybridized carbons (Fsp3) is 0.471. The van der Waals surface area contributed by atoms with E-state index >= 15 is 0 Å². The molecule has 1 fully saturated rings. The summed E-state index contributed by atoms with van der Waals surface area (Å²) in [6.45, 7) is 4.38. The van der Waals surface area contributed by atoms with Gasteiger partial charge in [-0.3, -0.25) is 0 Å². The number of aromatic nitrogens is 1. The molecule has 1 N–H and O–H groups in total. The summed E-state index contributed by atoms with van der Waals surface area (Å²) < 4.78 is 0. The zero-order chi connectivity index (χ0) is 14.7. The highest BCUT2D eigenvalue weighted by atomic mass is 32.1. The molecule has 4 heteroatoms. The minimum atomic E-state index is 0.625. The Hall–Kier alpha value is -1.23. The van der Waals surface area contributed by atoms with Gasteiger partial charge in [-0.25, -0.2) is 4.98 Å². The number of nitrogens with one attached hydrogen (secondary N) is 1. The highest BCUT2D eigenvalue weighted by Crippen LogP contribution is 2.22. The average molecular weight is 301 g/mol. The second-order valence-corrected chi connectivity index (χ2v) is 6.87. The molecule has 0 amide bonds. The van der Waals surface area contributed by atoms with Crippen molar-refractivity contribution in [1.82, 2.24) is 15.2 Å². The van der Waals surface area contributed by atoms with E-state index in [4.69, 9.17) is 4.98 Å². The molecule has 21 heavy (non-hydrogen) atoms. The van der Waals surface area contributed by atoms with Crippen LogP contribution in [0.1, 0.15) is 24.8 Å². The van der Waals surface area contributed by atoms with E-state index in [1.54, 1.807) is 11.3 Å². The van der Waals surface area contributed by atoms with Crippen LogP contribution in [0, 0.1) is 0 Å². The zero-order valence-electron chi connectivity index (χ0n) is 12.7. The molecule has 112 valence electrons. The van der Waals surface area contributed by atoms with Crippen molar-refractivity contribution in [3.8, 4) is 11.3 Å². The van der Waals surface area contributed by atoms with Gasteiger partial charge in [0.15, 0.2) is 0 Å². The Balaban J connectivity index is 1.56. The smallest absolute Gasteiger partial charge is 0.107 e. The Labute approximate surface area is 131 Å². The molecule has 0 saturated carbocycles. The molecule has 1 aliphatic rings. The summed E-state index contributed by atoms with van der Waals surface area (Å²) in [6.07, 6.45) is 2.46. The third-order valence-electron chi connectivity index (χ3n) is 4.37. The van der Waals surface area contributed by atoms with Gasteiger partial charge in [-0.2, -0.15) is 0 Å². The Morgan fingerprint density at radius 1 is 1.33 bits per heavy atom. The lowest BCUT2D eigenvalue weighted by Crippen LogP contribution is -2.45. The van der Waals surface area contributed by atoms with E-state index in [2.05, 4.69) is 53.8 Å². The molecule has 1 saturated heterocycles. The van der Waals surface area contributed by atoms with Gasteiger partial charge in [-0.05, 0) is 33.4 Å². The molecule has 3 nitrogen and oxygen atoms in total. The Morgan fingerprint density at radius 3 is 2.90 bits per heavy atom. The van der Waals surface area contributed by atoms with Crippen molar-refractivity contribution in [2.45, 2.75) is 38.4 Å². The van der Waals surface area contributed by atoms with Crippen LogP contribution in [0.15, 0.2) is 35.7 Å². The summed E-state index contributed by atoms with van der Waals surface area (Å²) in [5, 5.41) is 7.01. The lowest BCUT2D eigenvalue weighted by atomic mass is 9.99. The molecule has 0 aliphatic carbocycles. The summed E-state index contributed by atoms with van der Waals surface area (Å²) >= 11 is 1.75. The Morgan fingerprint density at radius 2 is 2.14 bits per heavy atom. The molecule has 0 spiro atoms. The van der Waals surface area contributed by atoms with Gasteiger partial charge in [-0.15, -0.1) is 11.3 Å². The van der Waals surface area contributed by atoms with Crippen molar-refractivity contribution >= 4 is 11.3 Å². The molecular formula is C17H23N3S. The SMILES string of the molecule is CC1CC(NCc2nc(-c3ccccc3)cs2)CCN1C. The van der Waals surface area contributed by atoms with E-state index < -0.39 is 0 Å². The van der Waals surface area contributed by atoms with E-state index in [1.165, 1.54) is 30.0 Å². The normalized spacial score (nSPS) is 23.3. The van der Waals surface area contributed by atoms with E-state index in [0.717, 1.165) is 12.2 Å². The lowest BCUT2D eigenvalue weighted by molar-refractivity contribution is 0.168. The van der Waals surface area contributed by atoms with Crippen LogP contribution in [-0.2, 0) is 6.54 Å². The van der Waals surface area contributed by atoms with Gasteiger partial charge in [0.1, 0.15) is 5.01 Å². The number of benzene rings is 1. The molecule has 0 radical (unpaired) electrons. The van der Waals surface area contributed by atoms with E-state index in [-0.39, 0.29) is 0 Å². The van der Waals surface area contributed by atoms with Gasteiger partial charge in [0.25, 0.3) is 0 Å². The molecule has 2 atom stereocenters. The van der Waals surface area contributed by atoms with Crippen molar-refractivity contribution in [2.75, 3.05) is 13.6 Å². The first-order chi connectivity index (χ1) is 10.2. The number of likely N-dealkylation sites (tertiary alicyclic amines) is 1. The molecule has 1 aromatic carbocycles. The number of thiazole rings is 1. The van der Waals surface area contributed by atoms with Crippen LogP contribution in [0.3, 0.4) is 0 Å². The molecular weight excluding hydrogens is 278 g/mol. The second-order valence-electron chi connectivity index (χ2n) is 5.92. The van der Waals surface area contributed by atoms with Crippen molar-refractivity contribution < 1.29 is 0 Å². The number of rotatable bonds is 4.